The van der Waals surface area contributed by atoms with Gasteiger partial charge in [0, 0.05) is 0 Å². The third kappa shape index (κ3) is 7.14. The largest absolute Gasteiger partial charge is 0.480 e. The van der Waals surface area contributed by atoms with E-state index in [9.17, 15) is 9.59 Å². The minimum absolute atomic E-state index is 0.376. The fraction of sp³-hybridized carbons (Fsp3) is 0.600. The summed E-state index contributed by atoms with van der Waals surface area (Å²) in [6, 6.07) is 0. The number of carbonyl (C=O) groups is 2. The molecule has 0 aromatic rings. The van der Waals surface area contributed by atoms with E-state index >= 15 is 0 Å². The lowest BCUT2D eigenvalue weighted by molar-refractivity contribution is -0.135. The van der Waals surface area contributed by atoms with Gasteiger partial charge in [0.25, 0.3) is 0 Å². The highest BCUT2D eigenvalue weighted by atomic mass is 32.2. The van der Waals surface area contributed by atoms with Gasteiger partial charge in [0.05, 0.1) is 18.6 Å². The second kappa shape index (κ2) is 5.99. The quantitative estimate of drug-likeness (QED) is 0.613. The molecule has 0 atom stereocenters. The molecule has 0 aliphatic heterocycles. The Kier molecular flexibility index (Phi) is 5.58. The Morgan fingerprint density at radius 1 is 1.64 bits per heavy atom. The lowest BCUT2D eigenvalue weighted by Gasteiger charge is -1.98. The molecule has 1 amide bonds. The Labute approximate surface area is 68.3 Å². The molecule has 6 heteroatoms. The summed E-state index contributed by atoms with van der Waals surface area (Å²) in [4.78, 5) is 20.5. The smallest absolute Gasteiger partial charge is 0.323 e. The summed E-state index contributed by atoms with van der Waals surface area (Å²) in [5.74, 6) is -1.07. The second-order valence-electron chi connectivity index (χ2n) is 1.52. The van der Waals surface area contributed by atoms with Crippen LogP contribution in [0.1, 0.15) is 6.92 Å². The lowest BCUT2D eigenvalue weighted by Crippen LogP contribution is -2.25. The van der Waals surface area contributed by atoms with Crippen molar-refractivity contribution in [2.45, 2.75) is 6.92 Å². The van der Waals surface area contributed by atoms with E-state index in [4.69, 9.17) is 5.11 Å². The maximum atomic E-state index is 10.6. The number of carbonyl (C=O) groups excluding carboxylic acids is 1. The molecule has 0 aromatic heterocycles. The minimum atomic E-state index is -1.07. The maximum Gasteiger partial charge on any atom is 0.323 e. The molecule has 5 nitrogen and oxygen atoms in total. The van der Waals surface area contributed by atoms with E-state index in [1.54, 1.807) is 6.92 Å². The first-order valence-corrected chi connectivity index (χ1v) is 3.70. The van der Waals surface area contributed by atoms with Crippen LogP contribution in [0.4, 0.5) is 4.79 Å². The van der Waals surface area contributed by atoms with E-state index < -0.39 is 11.2 Å². The Bertz CT molecular complexity index is 149. The normalized spacial score (nSPS) is 9.18. The topological polar surface area (TPSA) is 75.6 Å². The summed E-state index contributed by atoms with van der Waals surface area (Å²) in [7, 11) is 0. The first-order chi connectivity index (χ1) is 5.16. The van der Waals surface area contributed by atoms with Crippen LogP contribution >= 0.6 is 12.0 Å². The molecule has 0 radical (unpaired) electrons. The molecule has 0 bridgehead atoms. The predicted molar refractivity (Wildman–Crippen MR) is 40.3 cm³/mol. The van der Waals surface area contributed by atoms with Gasteiger partial charge in [-0.25, -0.2) is 0 Å². The van der Waals surface area contributed by atoms with Gasteiger partial charge in [-0.15, -0.1) is 0 Å². The maximum absolute atomic E-state index is 10.6. The summed E-state index contributed by atoms with van der Waals surface area (Å²) in [5, 5.41) is 9.75. The summed E-state index contributed by atoms with van der Waals surface area (Å²) in [5.41, 5.74) is 0. The van der Waals surface area contributed by atoms with Crippen molar-refractivity contribution >= 4 is 23.3 Å². The van der Waals surface area contributed by atoms with E-state index in [2.05, 4.69) is 9.50 Å². The Morgan fingerprint density at radius 3 is 2.73 bits per heavy atom. The fourth-order valence-electron chi connectivity index (χ4n) is 0.290. The van der Waals surface area contributed by atoms with Gasteiger partial charge in [-0.3, -0.25) is 9.59 Å². The number of aliphatic carboxylic acids is 1. The number of hydrogen-bond acceptors (Lipinski definition) is 4. The van der Waals surface area contributed by atoms with E-state index in [0.717, 1.165) is 0 Å². The second-order valence-corrected chi connectivity index (χ2v) is 2.30. The standard InChI is InChI=1S/C5H9NO4S/c1-2-10-11-5(9)6-3-4(7)8/h2-3H2,1H3,(H,6,9)(H,7,8). The number of carboxylic acid groups (broad SMARTS) is 1. The number of amides is 1. The third-order valence-corrected chi connectivity index (χ3v) is 1.29. The zero-order chi connectivity index (χ0) is 8.69. The van der Waals surface area contributed by atoms with Crippen molar-refractivity contribution in [3.63, 3.8) is 0 Å². The van der Waals surface area contributed by atoms with E-state index in [1.165, 1.54) is 0 Å². The zero-order valence-electron chi connectivity index (χ0n) is 5.99. The van der Waals surface area contributed by atoms with Gasteiger partial charge in [0.2, 0.25) is 0 Å². The number of nitrogens with one attached hydrogen (secondary N) is 1. The van der Waals surface area contributed by atoms with Gasteiger partial charge < -0.3 is 14.6 Å². The Balaban J connectivity index is 3.30. The van der Waals surface area contributed by atoms with Crippen molar-refractivity contribution in [1.29, 1.82) is 0 Å². The van der Waals surface area contributed by atoms with Crippen molar-refractivity contribution in [2.24, 2.45) is 0 Å². The molecule has 0 saturated heterocycles. The van der Waals surface area contributed by atoms with Crippen molar-refractivity contribution < 1.29 is 18.9 Å². The highest BCUT2D eigenvalue weighted by molar-refractivity contribution is 8.09. The van der Waals surface area contributed by atoms with Crippen LogP contribution in [0.3, 0.4) is 0 Å². The molecule has 0 unspecified atom stereocenters. The van der Waals surface area contributed by atoms with Crippen LogP contribution in [0.5, 0.6) is 0 Å². The van der Waals surface area contributed by atoms with Crippen LogP contribution in [-0.4, -0.2) is 29.5 Å². The third-order valence-electron chi connectivity index (χ3n) is 0.636. The fourth-order valence-corrected chi connectivity index (χ4v) is 0.646. The van der Waals surface area contributed by atoms with Gasteiger partial charge >= 0.3 is 11.2 Å². The first-order valence-electron chi connectivity index (χ1n) is 2.96. The lowest BCUT2D eigenvalue weighted by atomic mass is 10.7. The summed E-state index contributed by atoms with van der Waals surface area (Å²) < 4.78 is 4.64. The number of rotatable bonds is 4. The summed E-state index contributed by atoms with van der Waals surface area (Å²) in [6.07, 6.45) is 0. The zero-order valence-corrected chi connectivity index (χ0v) is 6.81. The van der Waals surface area contributed by atoms with Crippen LogP contribution in [0.2, 0.25) is 0 Å². The molecule has 0 spiro atoms. The van der Waals surface area contributed by atoms with Gasteiger partial charge in [-0.05, 0) is 6.92 Å². The Hall–Kier alpha value is -0.750. The summed E-state index contributed by atoms with van der Waals surface area (Å²) in [6.45, 7) is 1.77. The number of carboxylic acids is 1. The minimum Gasteiger partial charge on any atom is -0.480 e. The molecule has 0 heterocycles. The molecule has 0 aliphatic carbocycles. The molecule has 0 rings (SSSR count). The number of hydrogen-bond donors (Lipinski definition) is 2. The SMILES string of the molecule is CCOSC(=O)NCC(=O)O. The predicted octanol–water partition coefficient (Wildman–Crippen LogP) is 0.465. The molecule has 64 valence electrons. The average Bonchev–Trinajstić information content (AvgIpc) is 1.97. The van der Waals surface area contributed by atoms with Crippen molar-refractivity contribution in [1.82, 2.24) is 5.32 Å². The molecular weight excluding hydrogens is 170 g/mol. The molecule has 0 fully saturated rings. The van der Waals surface area contributed by atoms with Crippen molar-refractivity contribution in [3.8, 4) is 0 Å². The molecule has 2 N–H and O–H groups in total. The van der Waals surface area contributed by atoms with Gasteiger partial charge in [-0.2, -0.15) is 0 Å². The van der Waals surface area contributed by atoms with Gasteiger partial charge in [0.15, 0.2) is 0 Å². The van der Waals surface area contributed by atoms with Crippen LogP contribution in [0.15, 0.2) is 0 Å². The van der Waals surface area contributed by atoms with Gasteiger partial charge in [-0.1, -0.05) is 0 Å². The van der Waals surface area contributed by atoms with E-state index in [-0.39, 0.29) is 6.54 Å². The van der Waals surface area contributed by atoms with Crippen molar-refractivity contribution in [3.05, 3.63) is 0 Å². The van der Waals surface area contributed by atoms with Crippen LogP contribution in [0.25, 0.3) is 0 Å². The van der Waals surface area contributed by atoms with E-state index in [1.807, 2.05) is 0 Å². The van der Waals surface area contributed by atoms with E-state index in [0.29, 0.717) is 18.6 Å². The van der Waals surface area contributed by atoms with Crippen molar-refractivity contribution in [2.75, 3.05) is 13.2 Å². The highest BCUT2D eigenvalue weighted by Crippen LogP contribution is 2.01. The van der Waals surface area contributed by atoms with Crippen LogP contribution in [0, 0.1) is 0 Å². The van der Waals surface area contributed by atoms with Crippen LogP contribution in [-0.2, 0) is 8.98 Å². The Morgan fingerprint density at radius 2 is 2.27 bits per heavy atom. The van der Waals surface area contributed by atoms with Gasteiger partial charge in [0.1, 0.15) is 6.54 Å². The molecule has 0 aromatic carbocycles. The molecular formula is C5H9NO4S. The average molecular weight is 179 g/mol. The highest BCUT2D eigenvalue weighted by Gasteiger charge is 2.03. The molecule has 11 heavy (non-hydrogen) atoms. The first kappa shape index (κ1) is 10.2. The molecule has 0 aliphatic rings. The monoisotopic (exact) mass is 179 g/mol. The van der Waals surface area contributed by atoms with Crippen LogP contribution < -0.4 is 5.32 Å². The molecule has 0 saturated carbocycles. The summed E-state index contributed by atoms with van der Waals surface area (Å²) >= 11 is 0.605.